The summed E-state index contributed by atoms with van der Waals surface area (Å²) < 4.78 is 5.17. The third-order valence-corrected chi connectivity index (χ3v) is 2.87. The van der Waals surface area contributed by atoms with E-state index >= 15 is 0 Å². The third kappa shape index (κ3) is 2.70. The first-order valence-electron chi connectivity index (χ1n) is 5.64. The summed E-state index contributed by atoms with van der Waals surface area (Å²) in [6, 6.07) is -0.371. The minimum absolute atomic E-state index is 0.0258. The lowest BCUT2D eigenvalue weighted by molar-refractivity contribution is -0.138. The number of hydrogen-bond donors (Lipinski definition) is 2. The van der Waals surface area contributed by atoms with Crippen molar-refractivity contribution < 1.29 is 14.3 Å². The molecule has 6 nitrogen and oxygen atoms in total. The number of carbonyl (C=O) groups excluding carboxylic acids is 2. The highest BCUT2D eigenvalue weighted by Gasteiger charge is 2.27. The van der Waals surface area contributed by atoms with E-state index in [0.29, 0.717) is 32.8 Å². The van der Waals surface area contributed by atoms with Crippen molar-refractivity contribution >= 4 is 11.8 Å². The maximum Gasteiger partial charge on any atom is 0.237 e. The van der Waals surface area contributed by atoms with Gasteiger partial charge in [-0.1, -0.05) is 0 Å². The predicted molar refractivity (Wildman–Crippen MR) is 56.8 cm³/mol. The molecule has 0 saturated carbocycles. The molecule has 90 valence electrons. The van der Waals surface area contributed by atoms with Crippen LogP contribution in [0.1, 0.15) is 6.42 Å². The van der Waals surface area contributed by atoms with Crippen LogP contribution < -0.4 is 10.6 Å². The Balaban J connectivity index is 1.83. The van der Waals surface area contributed by atoms with Crippen LogP contribution in [0.3, 0.4) is 0 Å². The van der Waals surface area contributed by atoms with E-state index < -0.39 is 0 Å². The molecule has 0 aromatic heterocycles. The number of carbonyl (C=O) groups is 2. The van der Waals surface area contributed by atoms with Crippen molar-refractivity contribution in [3.05, 3.63) is 0 Å². The number of ether oxygens (including phenoxy) is 1. The predicted octanol–water partition coefficient (Wildman–Crippen LogP) is -1.68. The number of piperazine rings is 1. The standard InChI is InChI=1S/C10H17N3O3/c14-9(13-3-5-16-6-4-13)7-8-10(15)12-2-1-11-8/h8,11H,1-7H2,(H,12,15)/t8-/m0/s1. The van der Waals surface area contributed by atoms with Crippen LogP contribution in [0.4, 0.5) is 0 Å². The van der Waals surface area contributed by atoms with Gasteiger partial charge in [0.05, 0.1) is 25.7 Å². The molecule has 2 N–H and O–H groups in total. The van der Waals surface area contributed by atoms with Crippen molar-refractivity contribution in [1.29, 1.82) is 0 Å². The quantitative estimate of drug-likeness (QED) is 0.591. The topological polar surface area (TPSA) is 70.7 Å². The second-order valence-electron chi connectivity index (χ2n) is 4.00. The van der Waals surface area contributed by atoms with Gasteiger partial charge < -0.3 is 20.3 Å². The first-order chi connectivity index (χ1) is 7.77. The fraction of sp³-hybridized carbons (Fsp3) is 0.800. The second kappa shape index (κ2) is 5.27. The van der Waals surface area contributed by atoms with Gasteiger partial charge in [-0.2, -0.15) is 0 Å². The summed E-state index contributed by atoms with van der Waals surface area (Å²) in [6.07, 6.45) is 0.242. The minimum Gasteiger partial charge on any atom is -0.378 e. The summed E-state index contributed by atoms with van der Waals surface area (Å²) in [6.45, 7) is 3.82. The van der Waals surface area contributed by atoms with E-state index in [1.165, 1.54) is 0 Å². The molecule has 2 heterocycles. The first-order valence-corrected chi connectivity index (χ1v) is 5.64. The van der Waals surface area contributed by atoms with Gasteiger partial charge in [-0.25, -0.2) is 0 Å². The highest BCUT2D eigenvalue weighted by Crippen LogP contribution is 2.04. The van der Waals surface area contributed by atoms with Gasteiger partial charge in [0.1, 0.15) is 0 Å². The van der Waals surface area contributed by atoms with Gasteiger partial charge in [0.2, 0.25) is 11.8 Å². The number of morpholine rings is 1. The normalized spacial score (nSPS) is 26.4. The monoisotopic (exact) mass is 227 g/mol. The molecule has 2 saturated heterocycles. The first kappa shape index (κ1) is 11.3. The van der Waals surface area contributed by atoms with Gasteiger partial charge in [-0.3, -0.25) is 9.59 Å². The minimum atomic E-state index is -0.371. The van der Waals surface area contributed by atoms with Crippen LogP contribution in [0.15, 0.2) is 0 Å². The zero-order valence-corrected chi connectivity index (χ0v) is 9.20. The molecule has 2 fully saturated rings. The molecular formula is C10H17N3O3. The van der Waals surface area contributed by atoms with E-state index in [-0.39, 0.29) is 24.3 Å². The molecule has 0 aliphatic carbocycles. The van der Waals surface area contributed by atoms with Crippen LogP contribution in [-0.4, -0.2) is 62.1 Å². The molecule has 1 atom stereocenters. The Morgan fingerprint density at radius 3 is 2.81 bits per heavy atom. The van der Waals surface area contributed by atoms with Gasteiger partial charge in [-0.05, 0) is 0 Å². The maximum atomic E-state index is 11.9. The third-order valence-electron chi connectivity index (χ3n) is 2.87. The fourth-order valence-corrected chi connectivity index (χ4v) is 1.93. The average Bonchev–Trinajstić information content (AvgIpc) is 2.33. The molecule has 2 aliphatic rings. The van der Waals surface area contributed by atoms with Gasteiger partial charge in [0.15, 0.2) is 0 Å². The molecule has 0 aromatic carbocycles. The van der Waals surface area contributed by atoms with Crippen LogP contribution in [0.25, 0.3) is 0 Å². The Morgan fingerprint density at radius 1 is 1.38 bits per heavy atom. The Hall–Kier alpha value is -1.14. The van der Waals surface area contributed by atoms with E-state index in [9.17, 15) is 9.59 Å². The van der Waals surface area contributed by atoms with E-state index in [1.54, 1.807) is 4.90 Å². The highest BCUT2D eigenvalue weighted by molar-refractivity contribution is 5.88. The van der Waals surface area contributed by atoms with Gasteiger partial charge >= 0.3 is 0 Å². The summed E-state index contributed by atoms with van der Waals surface area (Å²) in [4.78, 5) is 25.1. The van der Waals surface area contributed by atoms with E-state index in [4.69, 9.17) is 4.74 Å². The average molecular weight is 227 g/mol. The Kier molecular flexibility index (Phi) is 3.74. The van der Waals surface area contributed by atoms with Crippen molar-refractivity contribution in [2.24, 2.45) is 0 Å². The van der Waals surface area contributed by atoms with Crippen LogP contribution in [0.2, 0.25) is 0 Å². The molecule has 0 aromatic rings. The summed E-state index contributed by atoms with van der Waals surface area (Å²) in [7, 11) is 0. The van der Waals surface area contributed by atoms with Gasteiger partial charge in [0, 0.05) is 26.2 Å². The molecule has 0 radical (unpaired) electrons. The van der Waals surface area contributed by atoms with Crippen molar-refractivity contribution in [2.45, 2.75) is 12.5 Å². The molecule has 0 spiro atoms. The molecule has 2 amide bonds. The summed E-state index contributed by atoms with van der Waals surface area (Å²) in [5.41, 5.74) is 0. The van der Waals surface area contributed by atoms with Crippen molar-refractivity contribution in [2.75, 3.05) is 39.4 Å². The molecular weight excluding hydrogens is 210 g/mol. The lowest BCUT2D eigenvalue weighted by atomic mass is 10.1. The van der Waals surface area contributed by atoms with Crippen LogP contribution in [-0.2, 0) is 14.3 Å². The van der Waals surface area contributed by atoms with Crippen LogP contribution in [0.5, 0.6) is 0 Å². The fourth-order valence-electron chi connectivity index (χ4n) is 1.93. The number of rotatable bonds is 2. The molecule has 2 rings (SSSR count). The number of nitrogens with one attached hydrogen (secondary N) is 2. The molecule has 2 aliphatic heterocycles. The Labute approximate surface area is 94.3 Å². The number of nitrogens with zero attached hydrogens (tertiary/aromatic N) is 1. The van der Waals surface area contributed by atoms with E-state index in [1.807, 2.05) is 0 Å². The van der Waals surface area contributed by atoms with Gasteiger partial charge in [0.25, 0.3) is 0 Å². The number of hydrogen-bond acceptors (Lipinski definition) is 4. The highest BCUT2D eigenvalue weighted by atomic mass is 16.5. The molecule has 0 bridgehead atoms. The summed E-state index contributed by atoms with van der Waals surface area (Å²) in [5.74, 6) is -0.0503. The van der Waals surface area contributed by atoms with Gasteiger partial charge in [-0.15, -0.1) is 0 Å². The maximum absolute atomic E-state index is 11.9. The Bertz CT molecular complexity index is 276. The lowest BCUT2D eigenvalue weighted by Crippen LogP contribution is -2.55. The zero-order chi connectivity index (χ0) is 11.4. The summed E-state index contributed by atoms with van der Waals surface area (Å²) in [5, 5.41) is 5.79. The molecule has 16 heavy (non-hydrogen) atoms. The smallest absolute Gasteiger partial charge is 0.237 e. The SMILES string of the molecule is O=C1NCCN[C@H]1CC(=O)N1CCOCC1. The molecule has 0 unspecified atom stereocenters. The van der Waals surface area contributed by atoms with E-state index in [2.05, 4.69) is 10.6 Å². The second-order valence-corrected chi connectivity index (χ2v) is 4.00. The largest absolute Gasteiger partial charge is 0.378 e. The Morgan fingerprint density at radius 2 is 2.12 bits per heavy atom. The lowest BCUT2D eigenvalue weighted by Gasteiger charge is -2.29. The van der Waals surface area contributed by atoms with Crippen LogP contribution in [0, 0.1) is 0 Å². The van der Waals surface area contributed by atoms with Crippen molar-refractivity contribution in [1.82, 2.24) is 15.5 Å². The number of amides is 2. The van der Waals surface area contributed by atoms with E-state index in [0.717, 1.165) is 6.54 Å². The van der Waals surface area contributed by atoms with Crippen molar-refractivity contribution in [3.8, 4) is 0 Å². The van der Waals surface area contributed by atoms with Crippen LogP contribution >= 0.6 is 0 Å². The molecule has 6 heteroatoms. The summed E-state index contributed by atoms with van der Waals surface area (Å²) >= 11 is 0. The van der Waals surface area contributed by atoms with Crippen molar-refractivity contribution in [3.63, 3.8) is 0 Å². The zero-order valence-electron chi connectivity index (χ0n) is 9.20.